The molecule has 0 saturated heterocycles. The third kappa shape index (κ3) is 3.70. The van der Waals surface area contributed by atoms with Crippen molar-refractivity contribution in [2.45, 2.75) is 0 Å². The molecular formula is C48H28N2O2. The van der Waals surface area contributed by atoms with Crippen LogP contribution in [0.3, 0.4) is 0 Å². The molecule has 4 heteroatoms. The van der Waals surface area contributed by atoms with Crippen molar-refractivity contribution in [2.24, 2.45) is 0 Å². The molecule has 0 spiro atoms. The highest BCUT2D eigenvalue weighted by Gasteiger charge is 2.22. The minimum atomic E-state index is 0.764. The summed E-state index contributed by atoms with van der Waals surface area (Å²) in [4.78, 5) is 0. The lowest BCUT2D eigenvalue weighted by Crippen LogP contribution is -1.97. The van der Waals surface area contributed by atoms with Crippen molar-refractivity contribution in [3.05, 3.63) is 170 Å². The van der Waals surface area contributed by atoms with Crippen LogP contribution in [-0.4, -0.2) is 9.13 Å². The van der Waals surface area contributed by atoms with E-state index in [0.717, 1.165) is 66.4 Å². The summed E-state index contributed by atoms with van der Waals surface area (Å²) in [6.07, 6.45) is 0. The first kappa shape index (κ1) is 27.7. The summed E-state index contributed by atoms with van der Waals surface area (Å²) in [6.45, 7) is 0. The van der Waals surface area contributed by atoms with Crippen LogP contribution in [0.15, 0.2) is 179 Å². The molecule has 8 aromatic carbocycles. The summed E-state index contributed by atoms with van der Waals surface area (Å²) in [6, 6.07) is 60.6. The summed E-state index contributed by atoms with van der Waals surface area (Å²) in [5.74, 6) is 0. The van der Waals surface area contributed by atoms with Gasteiger partial charge in [-0.15, -0.1) is 0 Å². The molecular weight excluding hydrogens is 637 g/mol. The smallest absolute Gasteiger partial charge is 0.178 e. The number of hydrogen-bond donors (Lipinski definition) is 0. The van der Waals surface area contributed by atoms with Crippen LogP contribution < -0.4 is 0 Å². The molecule has 0 aliphatic heterocycles. The maximum Gasteiger partial charge on any atom is 0.178 e. The topological polar surface area (TPSA) is 36.1 Å². The first-order valence-electron chi connectivity index (χ1n) is 17.7. The summed E-state index contributed by atoms with van der Waals surface area (Å²) >= 11 is 0. The number of rotatable bonds is 3. The number of furan rings is 2. The van der Waals surface area contributed by atoms with Gasteiger partial charge in [0.05, 0.1) is 27.8 Å². The predicted molar refractivity (Wildman–Crippen MR) is 215 cm³/mol. The fraction of sp³-hybridized carbons (Fsp3) is 0. The molecule has 12 rings (SSSR count). The molecule has 0 unspecified atom stereocenters. The van der Waals surface area contributed by atoms with Gasteiger partial charge in [0.15, 0.2) is 11.2 Å². The second-order valence-electron chi connectivity index (χ2n) is 13.7. The van der Waals surface area contributed by atoms with Gasteiger partial charge in [-0.2, -0.15) is 0 Å². The van der Waals surface area contributed by atoms with Crippen molar-refractivity contribution in [1.29, 1.82) is 0 Å². The molecule has 4 aromatic heterocycles. The first-order valence-corrected chi connectivity index (χ1v) is 17.7. The van der Waals surface area contributed by atoms with Crippen molar-refractivity contribution >= 4 is 87.5 Å². The van der Waals surface area contributed by atoms with Gasteiger partial charge in [0.1, 0.15) is 11.2 Å². The number of fused-ring (bicyclic) bond motifs is 13. The Morgan fingerprint density at radius 2 is 0.808 bits per heavy atom. The molecule has 0 amide bonds. The molecule has 0 atom stereocenters. The van der Waals surface area contributed by atoms with Crippen LogP contribution in [0.5, 0.6) is 0 Å². The molecule has 52 heavy (non-hydrogen) atoms. The molecule has 0 fully saturated rings. The quantitative estimate of drug-likeness (QED) is 0.188. The third-order valence-electron chi connectivity index (χ3n) is 10.9. The van der Waals surface area contributed by atoms with Gasteiger partial charge in [-0.3, -0.25) is 0 Å². The lowest BCUT2D eigenvalue weighted by Gasteiger charge is -2.14. The molecule has 12 aromatic rings. The SMILES string of the molecule is c1ccc(-c2cc3oc4c(ccc5c6cc(-n7c8ccccc8c8ccccc87)ccc6oc54)c3cc2-n2c3ccccc3c3ccccc32)cc1. The van der Waals surface area contributed by atoms with E-state index in [9.17, 15) is 0 Å². The van der Waals surface area contributed by atoms with E-state index < -0.39 is 0 Å². The number of para-hydroxylation sites is 4. The zero-order chi connectivity index (χ0) is 33.9. The Morgan fingerprint density at radius 3 is 1.38 bits per heavy atom. The van der Waals surface area contributed by atoms with Crippen LogP contribution in [0, 0.1) is 0 Å². The number of nitrogens with zero attached hydrogens (tertiary/aromatic N) is 2. The lowest BCUT2D eigenvalue weighted by molar-refractivity contribution is 0.633. The molecule has 0 radical (unpaired) electrons. The maximum atomic E-state index is 6.81. The summed E-state index contributed by atoms with van der Waals surface area (Å²) < 4.78 is 18.2. The molecule has 0 saturated carbocycles. The highest BCUT2D eigenvalue weighted by Crippen LogP contribution is 2.44. The Morgan fingerprint density at radius 1 is 0.327 bits per heavy atom. The fourth-order valence-corrected chi connectivity index (χ4v) is 8.65. The minimum Gasteiger partial charge on any atom is -0.452 e. The zero-order valence-electron chi connectivity index (χ0n) is 27.9. The monoisotopic (exact) mass is 664 g/mol. The largest absolute Gasteiger partial charge is 0.452 e. The van der Waals surface area contributed by atoms with Gasteiger partial charge in [-0.25, -0.2) is 0 Å². The Hall–Kier alpha value is -7.04. The van der Waals surface area contributed by atoms with Crippen LogP contribution in [0.4, 0.5) is 0 Å². The number of hydrogen-bond acceptors (Lipinski definition) is 2. The Labute approximate surface area is 296 Å². The Balaban J connectivity index is 1.12. The Bertz CT molecular complexity index is 3300. The van der Waals surface area contributed by atoms with Crippen molar-refractivity contribution in [2.75, 3.05) is 0 Å². The predicted octanol–water partition coefficient (Wildman–Crippen LogP) is 13.3. The molecule has 0 N–H and O–H groups in total. The summed E-state index contributed by atoms with van der Waals surface area (Å²) in [5.41, 5.74) is 12.4. The van der Waals surface area contributed by atoms with Gasteiger partial charge in [-0.1, -0.05) is 103 Å². The fourth-order valence-electron chi connectivity index (χ4n) is 8.65. The molecule has 0 bridgehead atoms. The second kappa shape index (κ2) is 10.3. The van der Waals surface area contributed by atoms with E-state index in [0.29, 0.717) is 0 Å². The lowest BCUT2D eigenvalue weighted by atomic mass is 10.00. The van der Waals surface area contributed by atoms with Crippen molar-refractivity contribution < 1.29 is 8.83 Å². The van der Waals surface area contributed by atoms with E-state index in [1.54, 1.807) is 0 Å². The van der Waals surface area contributed by atoms with Crippen LogP contribution in [0.2, 0.25) is 0 Å². The van der Waals surface area contributed by atoms with Gasteiger partial charge < -0.3 is 18.0 Å². The molecule has 4 heterocycles. The zero-order valence-corrected chi connectivity index (χ0v) is 27.9. The maximum absolute atomic E-state index is 6.81. The molecule has 4 nitrogen and oxygen atoms in total. The molecule has 0 aliphatic carbocycles. The summed E-state index contributed by atoms with van der Waals surface area (Å²) in [7, 11) is 0. The van der Waals surface area contributed by atoms with E-state index in [1.165, 1.54) is 43.6 Å². The van der Waals surface area contributed by atoms with Gasteiger partial charge >= 0.3 is 0 Å². The van der Waals surface area contributed by atoms with Crippen LogP contribution in [-0.2, 0) is 0 Å². The van der Waals surface area contributed by atoms with Crippen molar-refractivity contribution in [3.63, 3.8) is 0 Å². The number of aromatic nitrogens is 2. The molecule has 242 valence electrons. The van der Waals surface area contributed by atoms with Gasteiger partial charge in [0.2, 0.25) is 0 Å². The average Bonchev–Trinajstić information content (AvgIpc) is 3.95. The van der Waals surface area contributed by atoms with Gasteiger partial charge in [0, 0.05) is 54.3 Å². The van der Waals surface area contributed by atoms with E-state index in [1.807, 2.05) is 0 Å². The highest BCUT2D eigenvalue weighted by atomic mass is 16.4. The van der Waals surface area contributed by atoms with E-state index >= 15 is 0 Å². The van der Waals surface area contributed by atoms with E-state index in [-0.39, 0.29) is 0 Å². The molecule has 0 aliphatic rings. The average molecular weight is 665 g/mol. The van der Waals surface area contributed by atoms with Gasteiger partial charge in [0.25, 0.3) is 0 Å². The van der Waals surface area contributed by atoms with Crippen LogP contribution >= 0.6 is 0 Å². The second-order valence-corrected chi connectivity index (χ2v) is 13.7. The number of benzene rings is 8. The standard InChI is InChI=1S/C48H28N2O2/c1-2-12-29(13-3-1)37-28-46-39(27-44(37)50-42-20-10-6-16-33(42)34-17-7-11-21-43(34)50)36-24-23-35-38-26-30(22-25-45(38)51-47(35)48(36)52-46)49-40-18-8-4-14-31(40)32-15-5-9-19-41(32)49/h1-28H. The first-order chi connectivity index (χ1) is 25.8. The van der Waals surface area contributed by atoms with Crippen molar-refractivity contribution in [1.82, 2.24) is 9.13 Å². The Kier molecular flexibility index (Phi) is 5.47. The highest BCUT2D eigenvalue weighted by molar-refractivity contribution is 6.20. The third-order valence-corrected chi connectivity index (χ3v) is 10.9. The van der Waals surface area contributed by atoms with E-state index in [4.69, 9.17) is 8.83 Å². The van der Waals surface area contributed by atoms with E-state index in [2.05, 4.69) is 179 Å². The van der Waals surface area contributed by atoms with Crippen LogP contribution in [0.25, 0.3) is 110 Å². The van der Waals surface area contributed by atoms with Crippen LogP contribution in [0.1, 0.15) is 0 Å². The normalized spacial score (nSPS) is 12.2. The van der Waals surface area contributed by atoms with Crippen molar-refractivity contribution in [3.8, 4) is 22.5 Å². The minimum absolute atomic E-state index is 0.764. The summed E-state index contributed by atoms with van der Waals surface area (Å²) in [5, 5.41) is 9.15. The van der Waals surface area contributed by atoms with Gasteiger partial charge in [-0.05, 0) is 72.3 Å².